The molecule has 0 radical (unpaired) electrons. The van der Waals surface area contributed by atoms with Gasteiger partial charge in [0, 0.05) is 25.0 Å². The summed E-state index contributed by atoms with van der Waals surface area (Å²) in [6, 6.07) is 11.6. The van der Waals surface area contributed by atoms with Gasteiger partial charge in [0.05, 0.1) is 17.7 Å². The molecule has 2 aromatic carbocycles. The van der Waals surface area contributed by atoms with Crippen molar-refractivity contribution < 1.29 is 22.6 Å². The summed E-state index contributed by atoms with van der Waals surface area (Å²) < 4.78 is 41.1. The van der Waals surface area contributed by atoms with E-state index in [0.29, 0.717) is 51.1 Å². The zero-order valence-corrected chi connectivity index (χ0v) is 20.5. The van der Waals surface area contributed by atoms with Crippen molar-refractivity contribution in [3.8, 4) is 28.6 Å². The summed E-state index contributed by atoms with van der Waals surface area (Å²) in [7, 11) is -1.68. The number of benzene rings is 2. The van der Waals surface area contributed by atoms with Crippen LogP contribution in [0.5, 0.6) is 17.2 Å². The molecule has 0 aliphatic rings. The lowest BCUT2D eigenvalue weighted by molar-refractivity contribution is 0.0920. The molecule has 0 amide bonds. The van der Waals surface area contributed by atoms with Crippen LogP contribution in [0.3, 0.4) is 0 Å². The van der Waals surface area contributed by atoms with Crippen molar-refractivity contribution in [3.05, 3.63) is 53.3 Å². The molecule has 0 saturated heterocycles. The van der Waals surface area contributed by atoms with Gasteiger partial charge < -0.3 is 19.2 Å². The summed E-state index contributed by atoms with van der Waals surface area (Å²) in [4.78, 5) is 16.5. The molecule has 11 heteroatoms. The first kappa shape index (κ1) is 23.1. The Labute approximate surface area is 199 Å². The highest BCUT2D eigenvalue weighted by Crippen LogP contribution is 2.33. The van der Waals surface area contributed by atoms with E-state index in [1.807, 2.05) is 13.0 Å². The highest BCUT2D eigenvalue weighted by molar-refractivity contribution is 9.10. The van der Waals surface area contributed by atoms with Gasteiger partial charge in [-0.2, -0.15) is 0 Å². The highest BCUT2D eigenvalue weighted by Gasteiger charge is 2.14. The van der Waals surface area contributed by atoms with Crippen LogP contribution >= 0.6 is 15.9 Å². The average Bonchev–Trinajstić information content (AvgIpc) is 3.17. The molecule has 33 heavy (non-hydrogen) atoms. The van der Waals surface area contributed by atoms with E-state index in [0.717, 1.165) is 6.26 Å². The Balaban J connectivity index is 1.70. The molecule has 2 heterocycles. The van der Waals surface area contributed by atoms with Gasteiger partial charge in [-0.25, -0.2) is 23.4 Å². The van der Waals surface area contributed by atoms with Crippen LogP contribution in [0.1, 0.15) is 6.92 Å². The molecule has 0 aliphatic heterocycles. The zero-order chi connectivity index (χ0) is 23.6. The number of sulfone groups is 1. The SMILES string of the molecule is COC[C@H](C)Oc1cc(Oc2ccc(S(C)(=O)=O)cc2)cc(-c2nc3nc(Br)cnc3[nH]2)c1. The summed E-state index contributed by atoms with van der Waals surface area (Å²) in [5, 5.41) is 0. The van der Waals surface area contributed by atoms with Crippen LogP contribution < -0.4 is 9.47 Å². The topological polar surface area (TPSA) is 116 Å². The van der Waals surface area contributed by atoms with E-state index in [-0.39, 0.29) is 11.0 Å². The number of rotatable bonds is 8. The fourth-order valence-electron chi connectivity index (χ4n) is 3.13. The van der Waals surface area contributed by atoms with Gasteiger partial charge in [0.25, 0.3) is 0 Å². The quantitative estimate of drug-likeness (QED) is 0.355. The van der Waals surface area contributed by atoms with Gasteiger partial charge in [-0.1, -0.05) is 0 Å². The number of aromatic nitrogens is 4. The first-order valence-electron chi connectivity index (χ1n) is 9.88. The number of nitrogens with one attached hydrogen (secondary N) is 1. The first-order chi connectivity index (χ1) is 15.7. The third kappa shape index (κ3) is 5.67. The van der Waals surface area contributed by atoms with Gasteiger partial charge in [0.15, 0.2) is 21.1 Å². The van der Waals surface area contributed by atoms with Gasteiger partial charge in [-0.3, -0.25) is 0 Å². The minimum Gasteiger partial charge on any atom is -0.488 e. The van der Waals surface area contributed by atoms with Crippen molar-refractivity contribution in [1.29, 1.82) is 0 Å². The number of imidazole rings is 1. The highest BCUT2D eigenvalue weighted by atomic mass is 79.9. The van der Waals surface area contributed by atoms with E-state index in [1.54, 1.807) is 37.6 Å². The molecule has 0 fully saturated rings. The molecule has 0 spiro atoms. The first-order valence-corrected chi connectivity index (χ1v) is 12.6. The van der Waals surface area contributed by atoms with Crippen molar-refractivity contribution in [2.75, 3.05) is 20.0 Å². The van der Waals surface area contributed by atoms with Gasteiger partial charge in [0.1, 0.15) is 33.8 Å². The van der Waals surface area contributed by atoms with Gasteiger partial charge >= 0.3 is 0 Å². The Morgan fingerprint density at radius 2 is 1.79 bits per heavy atom. The molecule has 1 atom stereocenters. The largest absolute Gasteiger partial charge is 0.488 e. The van der Waals surface area contributed by atoms with Crippen LogP contribution in [-0.4, -0.2) is 54.4 Å². The van der Waals surface area contributed by atoms with Crippen LogP contribution in [0.15, 0.2) is 58.2 Å². The van der Waals surface area contributed by atoms with Gasteiger partial charge in [0.2, 0.25) is 0 Å². The monoisotopic (exact) mass is 532 g/mol. The minimum atomic E-state index is -3.29. The summed E-state index contributed by atoms with van der Waals surface area (Å²) in [6.45, 7) is 2.31. The van der Waals surface area contributed by atoms with Gasteiger partial charge in [-0.15, -0.1) is 0 Å². The van der Waals surface area contributed by atoms with Crippen LogP contribution in [0.4, 0.5) is 0 Å². The maximum Gasteiger partial charge on any atom is 0.198 e. The number of aromatic amines is 1. The number of fused-ring (bicyclic) bond motifs is 1. The second-order valence-corrected chi connectivity index (χ2v) is 10.2. The van der Waals surface area contributed by atoms with Crippen LogP contribution in [-0.2, 0) is 14.6 Å². The van der Waals surface area contributed by atoms with Crippen LogP contribution in [0.25, 0.3) is 22.7 Å². The normalized spacial score (nSPS) is 12.6. The van der Waals surface area contributed by atoms with E-state index < -0.39 is 9.84 Å². The zero-order valence-electron chi connectivity index (χ0n) is 18.1. The summed E-state index contributed by atoms with van der Waals surface area (Å²) >= 11 is 3.30. The van der Waals surface area contributed by atoms with Crippen molar-refractivity contribution in [2.24, 2.45) is 0 Å². The molecule has 4 rings (SSSR count). The maximum absolute atomic E-state index is 11.7. The van der Waals surface area contributed by atoms with E-state index in [2.05, 4.69) is 35.9 Å². The van der Waals surface area contributed by atoms with E-state index in [9.17, 15) is 8.42 Å². The standard InChI is InChI=1S/C22H21BrN4O5S/c1-13(12-30-2)31-16-8-14(20-26-21-22(27-20)25-19(23)11-24-21)9-17(10-16)32-15-4-6-18(7-5-15)33(3,28)29/h4-11,13H,12H2,1-3H3,(H,24,25,26,27)/t13-/m0/s1. The van der Waals surface area contributed by atoms with E-state index >= 15 is 0 Å². The summed E-state index contributed by atoms with van der Waals surface area (Å²) in [6.07, 6.45) is 2.56. The Hall–Kier alpha value is -3.02. The fraction of sp³-hybridized carbons (Fsp3) is 0.227. The number of methoxy groups -OCH3 is 1. The lowest BCUT2D eigenvalue weighted by Gasteiger charge is -2.16. The number of halogens is 1. The number of hydrogen-bond acceptors (Lipinski definition) is 8. The lowest BCUT2D eigenvalue weighted by atomic mass is 10.2. The van der Waals surface area contributed by atoms with Crippen molar-refractivity contribution >= 4 is 37.1 Å². The molecule has 0 unspecified atom stereocenters. The summed E-state index contributed by atoms with van der Waals surface area (Å²) in [5.74, 6) is 2.07. The molecule has 4 aromatic rings. The second-order valence-electron chi connectivity index (χ2n) is 7.37. The summed E-state index contributed by atoms with van der Waals surface area (Å²) in [5.41, 5.74) is 1.72. The van der Waals surface area contributed by atoms with Gasteiger partial charge in [-0.05, 0) is 59.3 Å². The predicted molar refractivity (Wildman–Crippen MR) is 126 cm³/mol. The third-order valence-corrected chi connectivity index (χ3v) is 6.07. The lowest BCUT2D eigenvalue weighted by Crippen LogP contribution is -2.17. The van der Waals surface area contributed by atoms with Crippen LogP contribution in [0.2, 0.25) is 0 Å². The second kappa shape index (κ2) is 9.46. The average molecular weight is 533 g/mol. The molecule has 0 aliphatic carbocycles. The molecule has 9 nitrogen and oxygen atoms in total. The smallest absolute Gasteiger partial charge is 0.198 e. The Kier molecular flexibility index (Phi) is 6.63. The molecular weight excluding hydrogens is 512 g/mol. The number of hydrogen-bond donors (Lipinski definition) is 1. The molecular formula is C22H21BrN4O5S. The molecule has 1 N–H and O–H groups in total. The minimum absolute atomic E-state index is 0.192. The molecule has 0 saturated carbocycles. The fourth-order valence-corrected chi connectivity index (χ4v) is 4.04. The molecule has 172 valence electrons. The number of nitrogens with zero attached hydrogens (tertiary/aromatic N) is 3. The molecule has 2 aromatic heterocycles. The number of ether oxygens (including phenoxy) is 3. The third-order valence-electron chi connectivity index (χ3n) is 4.56. The van der Waals surface area contributed by atoms with Crippen LogP contribution in [0, 0.1) is 0 Å². The predicted octanol–water partition coefficient (Wildman–Crippen LogP) is 4.39. The van der Waals surface area contributed by atoms with Crippen molar-refractivity contribution in [1.82, 2.24) is 19.9 Å². The Morgan fingerprint density at radius 3 is 2.48 bits per heavy atom. The van der Waals surface area contributed by atoms with Crippen molar-refractivity contribution in [2.45, 2.75) is 17.9 Å². The van der Waals surface area contributed by atoms with E-state index in [1.165, 1.54) is 12.1 Å². The maximum atomic E-state index is 11.7. The van der Waals surface area contributed by atoms with Crippen molar-refractivity contribution in [3.63, 3.8) is 0 Å². The molecule has 0 bridgehead atoms. The Morgan fingerprint density at radius 1 is 1.06 bits per heavy atom. The number of H-pyrrole nitrogens is 1. The Bertz CT molecular complexity index is 1390. The van der Waals surface area contributed by atoms with E-state index in [4.69, 9.17) is 14.2 Å².